The number of carboxylic acids is 1. The molecule has 2 aromatic rings. The second-order valence-corrected chi connectivity index (χ2v) is 6.38. The van der Waals surface area contributed by atoms with Gasteiger partial charge in [-0.25, -0.2) is 22.5 Å². The molecule has 0 aliphatic heterocycles. The lowest BCUT2D eigenvalue weighted by Gasteiger charge is -2.11. The van der Waals surface area contributed by atoms with Crippen LogP contribution in [0.5, 0.6) is 0 Å². The van der Waals surface area contributed by atoms with Crippen molar-refractivity contribution in [2.45, 2.75) is 5.03 Å². The summed E-state index contributed by atoms with van der Waals surface area (Å²) in [4.78, 5) is 14.9. The van der Waals surface area contributed by atoms with Gasteiger partial charge in [-0.3, -0.25) is 0 Å². The average molecular weight is 311 g/mol. The van der Waals surface area contributed by atoms with Crippen LogP contribution in [0.4, 0.5) is 5.82 Å². The average Bonchev–Trinajstić information content (AvgIpc) is 2.80. The third kappa shape index (κ3) is 2.58. The van der Waals surface area contributed by atoms with Crippen LogP contribution in [0.1, 0.15) is 10.4 Å². The lowest BCUT2D eigenvalue weighted by Crippen LogP contribution is -2.23. The predicted molar refractivity (Wildman–Crippen MR) is 73.6 cm³/mol. The number of carbonyl (C=O) groups is 1. The van der Waals surface area contributed by atoms with Gasteiger partial charge in [-0.2, -0.15) is 9.78 Å². The second-order valence-electron chi connectivity index (χ2n) is 4.28. The maximum absolute atomic E-state index is 12.0. The third-order valence-electron chi connectivity index (χ3n) is 2.71. The second kappa shape index (κ2) is 5.14. The Labute approximate surface area is 120 Å². The van der Waals surface area contributed by atoms with Gasteiger partial charge in [-0.1, -0.05) is 6.07 Å². The highest BCUT2D eigenvalue weighted by molar-refractivity contribution is 7.89. The summed E-state index contributed by atoms with van der Waals surface area (Å²) >= 11 is 0. The number of aromatic carboxylic acids is 1. The van der Waals surface area contributed by atoms with Gasteiger partial charge in [0.1, 0.15) is 11.4 Å². The van der Waals surface area contributed by atoms with Gasteiger partial charge in [0.15, 0.2) is 10.8 Å². The molecule has 112 valence electrons. The number of nitrogens with two attached hydrogens (primary N) is 1. The Kier molecular flexibility index (Phi) is 3.66. The number of sulfonamides is 1. The summed E-state index contributed by atoms with van der Waals surface area (Å²) in [6.45, 7) is 0. The van der Waals surface area contributed by atoms with Crippen molar-refractivity contribution in [1.82, 2.24) is 19.1 Å². The molecule has 0 aliphatic carbocycles. The van der Waals surface area contributed by atoms with E-state index >= 15 is 0 Å². The Hall–Kier alpha value is -2.46. The van der Waals surface area contributed by atoms with Gasteiger partial charge in [0.05, 0.1) is 6.20 Å². The van der Waals surface area contributed by atoms with E-state index in [-0.39, 0.29) is 22.2 Å². The molecule has 0 bridgehead atoms. The standard InChI is InChI=1S/C11H13N5O4S/c1-15(2)21(19,20)9-5-3-4-8(14-9)16-10(12)7(6-13-16)11(17)18/h3-6H,12H2,1-2H3,(H,17,18). The normalized spacial score (nSPS) is 11.8. The van der Waals surface area contributed by atoms with Gasteiger partial charge in [0.25, 0.3) is 10.0 Å². The molecule has 0 spiro atoms. The molecule has 2 rings (SSSR count). The van der Waals surface area contributed by atoms with Gasteiger partial charge in [0, 0.05) is 14.1 Å². The Morgan fingerprint density at radius 3 is 2.57 bits per heavy atom. The quantitative estimate of drug-likeness (QED) is 0.799. The number of nitrogen functional groups attached to an aromatic ring is 1. The third-order valence-corrected chi connectivity index (χ3v) is 4.43. The van der Waals surface area contributed by atoms with Crippen LogP contribution in [0.25, 0.3) is 5.82 Å². The maximum Gasteiger partial charge on any atom is 0.341 e. The molecule has 0 saturated carbocycles. The number of pyridine rings is 1. The topological polar surface area (TPSA) is 131 Å². The number of aromatic nitrogens is 3. The Morgan fingerprint density at radius 1 is 1.38 bits per heavy atom. The van der Waals surface area contributed by atoms with E-state index in [1.807, 2.05) is 0 Å². The number of hydrogen-bond acceptors (Lipinski definition) is 6. The minimum absolute atomic E-state index is 0.114. The molecule has 9 nitrogen and oxygen atoms in total. The molecule has 2 heterocycles. The summed E-state index contributed by atoms with van der Waals surface area (Å²) < 4.78 is 26.1. The van der Waals surface area contributed by atoms with Crippen LogP contribution in [-0.2, 0) is 10.0 Å². The Balaban J connectivity index is 2.55. The fourth-order valence-corrected chi connectivity index (χ4v) is 2.39. The van der Waals surface area contributed by atoms with Crippen LogP contribution in [0.15, 0.2) is 29.4 Å². The van der Waals surface area contributed by atoms with Crippen molar-refractivity contribution in [2.24, 2.45) is 0 Å². The van der Waals surface area contributed by atoms with Gasteiger partial charge in [0.2, 0.25) is 0 Å². The molecule has 0 aliphatic rings. The zero-order valence-corrected chi connectivity index (χ0v) is 12.1. The van der Waals surface area contributed by atoms with Crippen molar-refractivity contribution in [3.63, 3.8) is 0 Å². The van der Waals surface area contributed by atoms with E-state index in [1.165, 1.54) is 32.3 Å². The van der Waals surface area contributed by atoms with Crippen LogP contribution in [0.2, 0.25) is 0 Å². The first kappa shape index (κ1) is 14.9. The lowest BCUT2D eigenvalue weighted by atomic mass is 10.3. The van der Waals surface area contributed by atoms with E-state index in [9.17, 15) is 13.2 Å². The SMILES string of the molecule is CN(C)S(=O)(=O)c1cccc(-n2ncc(C(=O)O)c2N)n1. The van der Waals surface area contributed by atoms with Crippen LogP contribution in [0.3, 0.4) is 0 Å². The van der Waals surface area contributed by atoms with Crippen molar-refractivity contribution in [3.8, 4) is 5.82 Å². The highest BCUT2D eigenvalue weighted by Crippen LogP contribution is 2.18. The molecular formula is C11H13N5O4S. The van der Waals surface area contributed by atoms with E-state index in [4.69, 9.17) is 10.8 Å². The molecule has 0 fully saturated rings. The molecule has 0 atom stereocenters. The first-order valence-electron chi connectivity index (χ1n) is 5.72. The lowest BCUT2D eigenvalue weighted by molar-refractivity contribution is 0.0698. The smallest absolute Gasteiger partial charge is 0.341 e. The van der Waals surface area contributed by atoms with Crippen LogP contribution in [0, 0.1) is 0 Å². The number of carboxylic acid groups (broad SMARTS) is 1. The van der Waals surface area contributed by atoms with Crippen molar-refractivity contribution in [3.05, 3.63) is 30.0 Å². The number of hydrogen-bond donors (Lipinski definition) is 2. The monoisotopic (exact) mass is 311 g/mol. The molecule has 10 heteroatoms. The van der Waals surface area contributed by atoms with E-state index in [0.717, 1.165) is 15.2 Å². The molecule has 21 heavy (non-hydrogen) atoms. The summed E-state index contributed by atoms with van der Waals surface area (Å²) in [6, 6.07) is 4.28. The van der Waals surface area contributed by atoms with E-state index in [1.54, 1.807) is 0 Å². The van der Waals surface area contributed by atoms with Crippen molar-refractivity contribution in [2.75, 3.05) is 19.8 Å². The summed E-state index contributed by atoms with van der Waals surface area (Å²) in [5.41, 5.74) is 5.49. The molecule has 0 radical (unpaired) electrons. The van der Waals surface area contributed by atoms with Crippen LogP contribution < -0.4 is 5.73 Å². The van der Waals surface area contributed by atoms with Gasteiger partial charge < -0.3 is 10.8 Å². The van der Waals surface area contributed by atoms with Crippen LogP contribution >= 0.6 is 0 Å². The molecule has 2 aromatic heterocycles. The van der Waals surface area contributed by atoms with Gasteiger partial charge in [-0.15, -0.1) is 0 Å². The molecule has 3 N–H and O–H groups in total. The first-order chi connectivity index (χ1) is 9.75. The minimum Gasteiger partial charge on any atom is -0.477 e. The van der Waals surface area contributed by atoms with E-state index < -0.39 is 16.0 Å². The Bertz CT molecular complexity index is 797. The summed E-state index contributed by atoms with van der Waals surface area (Å²) in [5, 5.41) is 12.6. The largest absolute Gasteiger partial charge is 0.477 e. The predicted octanol–water partition coefficient (Wildman–Crippen LogP) is -0.202. The molecule has 0 saturated heterocycles. The number of anilines is 1. The van der Waals surface area contributed by atoms with Crippen molar-refractivity contribution < 1.29 is 18.3 Å². The summed E-state index contributed by atoms with van der Waals surface area (Å²) in [7, 11) is -0.939. The fourth-order valence-electron chi connectivity index (χ4n) is 1.56. The van der Waals surface area contributed by atoms with E-state index in [0.29, 0.717) is 0 Å². The van der Waals surface area contributed by atoms with Gasteiger partial charge >= 0.3 is 5.97 Å². The number of nitrogens with zero attached hydrogens (tertiary/aromatic N) is 4. The molecule has 0 unspecified atom stereocenters. The van der Waals surface area contributed by atoms with Crippen LogP contribution in [-0.4, -0.2) is 52.7 Å². The van der Waals surface area contributed by atoms with Gasteiger partial charge in [-0.05, 0) is 12.1 Å². The van der Waals surface area contributed by atoms with Crippen molar-refractivity contribution >= 4 is 21.8 Å². The highest BCUT2D eigenvalue weighted by Gasteiger charge is 2.21. The maximum atomic E-state index is 12.0. The minimum atomic E-state index is -3.71. The molecular weight excluding hydrogens is 298 g/mol. The summed E-state index contributed by atoms with van der Waals surface area (Å²) in [5.74, 6) is -1.24. The first-order valence-corrected chi connectivity index (χ1v) is 7.16. The Morgan fingerprint density at radius 2 is 2.05 bits per heavy atom. The van der Waals surface area contributed by atoms with Crippen molar-refractivity contribution in [1.29, 1.82) is 0 Å². The summed E-state index contributed by atoms with van der Waals surface area (Å²) in [6.07, 6.45) is 1.08. The fraction of sp³-hybridized carbons (Fsp3) is 0.182. The molecule has 0 aromatic carbocycles. The zero-order chi connectivity index (χ0) is 15.8. The molecule has 0 amide bonds. The highest BCUT2D eigenvalue weighted by atomic mass is 32.2. The number of rotatable bonds is 4. The zero-order valence-electron chi connectivity index (χ0n) is 11.3. The van der Waals surface area contributed by atoms with E-state index in [2.05, 4.69) is 10.1 Å².